The molecule has 0 heterocycles. The number of unbranched alkanes of at least 4 members (excludes halogenated alkanes) is 42. The van der Waals surface area contributed by atoms with E-state index in [9.17, 15) is 19.5 Å². The van der Waals surface area contributed by atoms with Crippen molar-refractivity contribution in [2.45, 2.75) is 322 Å². The molecule has 0 rings (SSSR count). The summed E-state index contributed by atoms with van der Waals surface area (Å²) in [5.74, 6) is -2.26. The van der Waals surface area contributed by atoms with Gasteiger partial charge in [0.15, 0.2) is 12.4 Å². The molecule has 0 N–H and O–H groups in total. The zero-order valence-electron chi connectivity index (χ0n) is 46.7. The van der Waals surface area contributed by atoms with Gasteiger partial charge in [0.1, 0.15) is 13.2 Å². The minimum atomic E-state index is -1.61. The van der Waals surface area contributed by atoms with Crippen molar-refractivity contribution < 1.29 is 42.9 Å². The molecule has 0 saturated carbocycles. The molecule has 0 aliphatic rings. The van der Waals surface area contributed by atoms with Crippen LogP contribution in [0.4, 0.5) is 0 Å². The van der Waals surface area contributed by atoms with Gasteiger partial charge in [-0.25, -0.2) is 0 Å². The molecule has 2 atom stereocenters. The van der Waals surface area contributed by atoms with E-state index in [1.54, 1.807) is 0 Å². The number of esters is 2. The lowest BCUT2D eigenvalue weighted by molar-refractivity contribution is -0.870. The predicted molar refractivity (Wildman–Crippen MR) is 288 cm³/mol. The summed E-state index contributed by atoms with van der Waals surface area (Å²) >= 11 is 0. The van der Waals surface area contributed by atoms with E-state index in [0.29, 0.717) is 17.4 Å². The predicted octanol–water partition coefficient (Wildman–Crippen LogP) is 16.2. The topological polar surface area (TPSA) is 111 Å². The highest BCUT2D eigenvalue weighted by molar-refractivity contribution is 5.70. The smallest absolute Gasteiger partial charge is 0.306 e. The number of carboxylic acids is 1. The van der Waals surface area contributed by atoms with Crippen LogP contribution in [0.15, 0.2) is 0 Å². The van der Waals surface area contributed by atoms with Crippen molar-refractivity contribution in [3.63, 3.8) is 0 Å². The maximum atomic E-state index is 12.8. The van der Waals surface area contributed by atoms with Gasteiger partial charge in [-0.3, -0.25) is 9.59 Å². The number of rotatable bonds is 57. The lowest BCUT2D eigenvalue weighted by atomic mass is 10.0. The number of carbonyl (C=O) groups is 3. The summed E-state index contributed by atoms with van der Waals surface area (Å²) in [6.07, 6.45) is 56.5. The second-order valence-corrected chi connectivity index (χ2v) is 22.0. The minimum absolute atomic E-state index is 0.153. The quantitative estimate of drug-likeness (QED) is 0.0256. The fraction of sp³-hybridized carbons (Fsp3) is 0.950. The number of nitrogens with zero attached hydrogens (tertiary/aromatic N) is 1. The number of hydrogen-bond donors (Lipinski definition) is 0. The lowest BCUT2D eigenvalue weighted by Crippen LogP contribution is -2.44. The molecule has 0 saturated heterocycles. The number of carboxylic acid groups (broad SMARTS) is 1. The van der Waals surface area contributed by atoms with Crippen LogP contribution in [0.5, 0.6) is 0 Å². The van der Waals surface area contributed by atoms with E-state index in [1.165, 1.54) is 244 Å². The SMILES string of the molecule is CCCCCCCCCCCCCCCCCCCCCCCCCCCCCCCCCCCCCCC(=O)OC(COC(=O)CCCCCCCCCC)COC(OCC[N+](C)(C)C)C(=O)[O-]. The van der Waals surface area contributed by atoms with Crippen molar-refractivity contribution in [1.82, 2.24) is 0 Å². The van der Waals surface area contributed by atoms with E-state index in [1.807, 2.05) is 21.1 Å². The molecule has 0 aliphatic carbocycles. The van der Waals surface area contributed by atoms with Gasteiger partial charge in [-0.1, -0.05) is 284 Å². The standard InChI is InChI=1S/C60H117NO8/c1-6-8-10-12-14-16-17-18-19-20-21-22-23-24-25-26-27-28-29-30-31-32-33-34-35-36-37-38-39-40-41-42-43-45-47-49-51-58(63)69-56(55-68-60(59(64)65)66-53-52-61(3,4)5)54-67-57(62)50-48-46-44-15-13-11-9-7-2/h56,60H,6-55H2,1-5H3. The summed E-state index contributed by atoms with van der Waals surface area (Å²) in [7, 11) is 5.92. The Balaban J connectivity index is 3.84. The van der Waals surface area contributed by atoms with Crippen LogP contribution in [0, 0.1) is 0 Å². The number of ether oxygens (including phenoxy) is 4. The molecular weight excluding hydrogens is 863 g/mol. The van der Waals surface area contributed by atoms with Gasteiger partial charge < -0.3 is 33.3 Å². The lowest BCUT2D eigenvalue weighted by Gasteiger charge is -2.26. The molecule has 410 valence electrons. The fourth-order valence-corrected chi connectivity index (χ4v) is 9.19. The van der Waals surface area contributed by atoms with Gasteiger partial charge in [-0.2, -0.15) is 0 Å². The number of quaternary nitrogens is 1. The largest absolute Gasteiger partial charge is 0.545 e. The van der Waals surface area contributed by atoms with Gasteiger partial charge in [0.25, 0.3) is 0 Å². The Morgan fingerprint density at radius 1 is 0.377 bits per heavy atom. The summed E-state index contributed by atoms with van der Waals surface area (Å²) in [5.41, 5.74) is 0. The summed E-state index contributed by atoms with van der Waals surface area (Å²) in [6.45, 7) is 4.76. The van der Waals surface area contributed by atoms with Crippen LogP contribution in [0.3, 0.4) is 0 Å². The number of carbonyl (C=O) groups excluding carboxylic acids is 3. The summed E-state index contributed by atoms with van der Waals surface area (Å²) in [6, 6.07) is 0. The molecule has 0 bridgehead atoms. The van der Waals surface area contributed by atoms with Crippen LogP contribution >= 0.6 is 0 Å². The monoisotopic (exact) mass is 980 g/mol. The molecule has 0 aliphatic heterocycles. The number of aliphatic carboxylic acids is 1. The number of hydrogen-bond acceptors (Lipinski definition) is 8. The molecule has 0 fully saturated rings. The van der Waals surface area contributed by atoms with Gasteiger partial charge in [0, 0.05) is 12.8 Å². The molecule has 0 amide bonds. The average molecular weight is 981 g/mol. The third-order valence-electron chi connectivity index (χ3n) is 13.9. The van der Waals surface area contributed by atoms with Gasteiger partial charge in [-0.05, 0) is 12.8 Å². The molecule has 0 spiro atoms. The van der Waals surface area contributed by atoms with Crippen LogP contribution in [0.1, 0.15) is 309 Å². The molecule has 0 radical (unpaired) electrons. The highest BCUT2D eigenvalue weighted by Gasteiger charge is 2.22. The summed E-state index contributed by atoms with van der Waals surface area (Å²) in [4.78, 5) is 37.0. The van der Waals surface area contributed by atoms with Gasteiger partial charge >= 0.3 is 11.9 Å². The zero-order valence-corrected chi connectivity index (χ0v) is 46.7. The van der Waals surface area contributed by atoms with Crippen molar-refractivity contribution in [3.8, 4) is 0 Å². The van der Waals surface area contributed by atoms with E-state index < -0.39 is 24.3 Å². The van der Waals surface area contributed by atoms with E-state index >= 15 is 0 Å². The molecule has 0 aromatic carbocycles. The third-order valence-corrected chi connectivity index (χ3v) is 13.9. The second kappa shape index (κ2) is 52.6. The van der Waals surface area contributed by atoms with Crippen molar-refractivity contribution in [2.24, 2.45) is 0 Å². The van der Waals surface area contributed by atoms with Gasteiger partial charge in [0.05, 0.1) is 40.3 Å². The van der Waals surface area contributed by atoms with E-state index in [4.69, 9.17) is 18.9 Å². The Morgan fingerprint density at radius 2 is 0.652 bits per heavy atom. The first-order chi connectivity index (χ1) is 33.6. The Morgan fingerprint density at radius 3 is 0.928 bits per heavy atom. The molecule has 0 aromatic heterocycles. The number of likely N-dealkylation sites (N-methyl/N-ethyl adjacent to an activating group) is 1. The Bertz CT molecular complexity index is 1100. The van der Waals surface area contributed by atoms with Crippen LogP contribution in [0.25, 0.3) is 0 Å². The average Bonchev–Trinajstić information content (AvgIpc) is 3.31. The van der Waals surface area contributed by atoms with Crippen LogP contribution < -0.4 is 5.11 Å². The molecule has 69 heavy (non-hydrogen) atoms. The summed E-state index contributed by atoms with van der Waals surface area (Å²) < 4.78 is 22.6. The van der Waals surface area contributed by atoms with E-state index in [-0.39, 0.29) is 32.2 Å². The Labute approximate surface area is 428 Å². The normalized spacial score (nSPS) is 12.7. The van der Waals surface area contributed by atoms with E-state index in [2.05, 4.69) is 13.8 Å². The third kappa shape index (κ3) is 53.9. The van der Waals surface area contributed by atoms with Crippen molar-refractivity contribution in [1.29, 1.82) is 0 Å². The molecule has 9 nitrogen and oxygen atoms in total. The second-order valence-electron chi connectivity index (χ2n) is 22.0. The Hall–Kier alpha value is -1.71. The highest BCUT2D eigenvalue weighted by atomic mass is 16.7. The zero-order chi connectivity index (χ0) is 50.6. The highest BCUT2D eigenvalue weighted by Crippen LogP contribution is 2.18. The molecule has 0 aromatic rings. The molecule has 9 heteroatoms. The van der Waals surface area contributed by atoms with Gasteiger partial charge in [-0.15, -0.1) is 0 Å². The fourth-order valence-electron chi connectivity index (χ4n) is 9.19. The first-order valence-corrected chi connectivity index (χ1v) is 30.2. The van der Waals surface area contributed by atoms with Crippen molar-refractivity contribution >= 4 is 17.9 Å². The maximum Gasteiger partial charge on any atom is 0.306 e. The first-order valence-electron chi connectivity index (χ1n) is 30.2. The molecular formula is C60H117NO8. The van der Waals surface area contributed by atoms with Gasteiger partial charge in [0.2, 0.25) is 0 Å². The first kappa shape index (κ1) is 67.3. The van der Waals surface area contributed by atoms with Crippen LogP contribution in [-0.2, 0) is 33.3 Å². The van der Waals surface area contributed by atoms with Crippen LogP contribution in [0.2, 0.25) is 0 Å². The van der Waals surface area contributed by atoms with Crippen molar-refractivity contribution in [2.75, 3.05) is 47.5 Å². The summed E-state index contributed by atoms with van der Waals surface area (Å²) in [5, 5.41) is 11.7. The van der Waals surface area contributed by atoms with E-state index in [0.717, 1.165) is 38.5 Å². The molecule has 2 unspecified atom stereocenters. The maximum absolute atomic E-state index is 12.8. The van der Waals surface area contributed by atoms with Crippen molar-refractivity contribution in [3.05, 3.63) is 0 Å². The minimum Gasteiger partial charge on any atom is -0.545 e. The van der Waals surface area contributed by atoms with Crippen LogP contribution in [-0.4, -0.2) is 82.3 Å². The Kier molecular flexibility index (Phi) is 51.3.